The molecule has 0 bridgehead atoms. The van der Waals surface area contributed by atoms with Crippen LogP contribution in [0.4, 0.5) is 0 Å². The average molecular weight is 227 g/mol. The Hall–Kier alpha value is 0.540. The Labute approximate surface area is 91.7 Å². The summed E-state index contributed by atoms with van der Waals surface area (Å²) in [5, 5.41) is 0. The highest BCUT2D eigenvalue weighted by Crippen LogP contribution is 2.07. The van der Waals surface area contributed by atoms with Crippen molar-refractivity contribution in [3.63, 3.8) is 0 Å². The molecule has 1 nitrogen and oxygen atoms in total. The molecule has 0 aromatic rings. The lowest BCUT2D eigenvalue weighted by Crippen LogP contribution is -2.12. The van der Waals surface area contributed by atoms with Gasteiger partial charge in [0.05, 0.1) is 0 Å². The van der Waals surface area contributed by atoms with Crippen LogP contribution in [0.2, 0.25) is 0 Å². The highest BCUT2D eigenvalue weighted by atomic mass is 35.5. The van der Waals surface area contributed by atoms with E-state index in [4.69, 9.17) is 27.9 Å². The van der Waals surface area contributed by atoms with Crippen LogP contribution in [0, 0.1) is 11.8 Å². The smallest absolute Gasteiger partial charge is 0.0492 e. The fourth-order valence-electron chi connectivity index (χ4n) is 1.01. The molecule has 2 unspecified atom stereocenters. The van der Waals surface area contributed by atoms with Crippen LogP contribution in [-0.2, 0) is 4.74 Å². The minimum absolute atomic E-state index is 0.570. The second kappa shape index (κ2) is 9.11. The first-order chi connectivity index (χ1) is 6.20. The molecule has 0 aliphatic rings. The third-order valence-corrected chi connectivity index (χ3v) is 2.44. The van der Waals surface area contributed by atoms with Crippen LogP contribution >= 0.6 is 23.2 Å². The van der Waals surface area contributed by atoms with E-state index in [-0.39, 0.29) is 0 Å². The molecule has 0 heterocycles. The summed E-state index contributed by atoms with van der Waals surface area (Å²) in [6, 6.07) is 0. The maximum atomic E-state index is 5.61. The summed E-state index contributed by atoms with van der Waals surface area (Å²) in [4.78, 5) is 0. The highest BCUT2D eigenvalue weighted by Gasteiger charge is 2.04. The first kappa shape index (κ1) is 13.5. The minimum atomic E-state index is 0.570. The zero-order valence-corrected chi connectivity index (χ0v) is 10.1. The zero-order valence-electron chi connectivity index (χ0n) is 8.56. The summed E-state index contributed by atoms with van der Waals surface area (Å²) in [6.45, 7) is 5.96. The van der Waals surface area contributed by atoms with Crippen LogP contribution in [0.15, 0.2) is 0 Å². The van der Waals surface area contributed by atoms with Crippen LogP contribution in [0.1, 0.15) is 26.7 Å². The van der Waals surface area contributed by atoms with Crippen LogP contribution in [0.25, 0.3) is 0 Å². The molecule has 0 saturated heterocycles. The fourth-order valence-corrected chi connectivity index (χ4v) is 1.75. The summed E-state index contributed by atoms with van der Waals surface area (Å²) in [6.07, 6.45) is 2.07. The van der Waals surface area contributed by atoms with E-state index in [0.29, 0.717) is 11.8 Å². The second-order valence-corrected chi connectivity index (χ2v) is 4.46. The van der Waals surface area contributed by atoms with Crippen LogP contribution in [0.5, 0.6) is 0 Å². The quantitative estimate of drug-likeness (QED) is 0.576. The Kier molecular flexibility index (Phi) is 9.49. The molecule has 0 aromatic heterocycles. The second-order valence-electron chi connectivity index (χ2n) is 3.70. The summed E-state index contributed by atoms with van der Waals surface area (Å²) in [5.41, 5.74) is 0. The number of alkyl halides is 2. The Bertz CT molecular complexity index is 97.1. The molecular weight excluding hydrogens is 207 g/mol. The molecule has 13 heavy (non-hydrogen) atoms. The van der Waals surface area contributed by atoms with Gasteiger partial charge in [-0.05, 0) is 24.7 Å². The normalized spacial score (nSPS) is 15.7. The number of hydrogen-bond donors (Lipinski definition) is 0. The number of ether oxygens (including phenoxy) is 1. The van der Waals surface area contributed by atoms with Crippen molar-refractivity contribution >= 4 is 23.2 Å². The Balaban J connectivity index is 3.23. The maximum absolute atomic E-state index is 5.61. The molecule has 0 spiro atoms. The Morgan fingerprint density at radius 1 is 0.923 bits per heavy atom. The van der Waals surface area contributed by atoms with Gasteiger partial charge in [0.15, 0.2) is 0 Å². The van der Waals surface area contributed by atoms with Gasteiger partial charge in [0.25, 0.3) is 0 Å². The van der Waals surface area contributed by atoms with Crippen molar-refractivity contribution in [2.24, 2.45) is 11.8 Å². The predicted molar refractivity (Wildman–Crippen MR) is 59.8 cm³/mol. The molecule has 80 valence electrons. The van der Waals surface area contributed by atoms with Gasteiger partial charge in [0.2, 0.25) is 0 Å². The van der Waals surface area contributed by atoms with E-state index in [1.165, 1.54) is 0 Å². The topological polar surface area (TPSA) is 9.23 Å². The molecule has 0 amide bonds. The van der Waals surface area contributed by atoms with E-state index in [9.17, 15) is 0 Å². The van der Waals surface area contributed by atoms with E-state index in [2.05, 4.69) is 13.8 Å². The van der Waals surface area contributed by atoms with Crippen molar-refractivity contribution in [1.29, 1.82) is 0 Å². The highest BCUT2D eigenvalue weighted by molar-refractivity contribution is 6.18. The number of hydrogen-bond acceptors (Lipinski definition) is 1. The van der Waals surface area contributed by atoms with Gasteiger partial charge >= 0.3 is 0 Å². The van der Waals surface area contributed by atoms with Gasteiger partial charge in [-0.2, -0.15) is 0 Å². The molecular formula is C10H20Cl2O. The van der Waals surface area contributed by atoms with Crippen molar-refractivity contribution in [2.45, 2.75) is 26.7 Å². The van der Waals surface area contributed by atoms with E-state index in [0.717, 1.165) is 37.8 Å². The van der Waals surface area contributed by atoms with Gasteiger partial charge in [-0.15, -0.1) is 23.2 Å². The molecule has 0 radical (unpaired) electrons. The molecule has 0 saturated carbocycles. The van der Waals surface area contributed by atoms with E-state index in [1.807, 2.05) is 0 Å². The molecule has 2 atom stereocenters. The lowest BCUT2D eigenvalue weighted by molar-refractivity contribution is 0.0784. The maximum Gasteiger partial charge on any atom is 0.0492 e. The van der Waals surface area contributed by atoms with Crippen LogP contribution < -0.4 is 0 Å². The van der Waals surface area contributed by atoms with Crippen LogP contribution in [0.3, 0.4) is 0 Å². The molecule has 0 fully saturated rings. The van der Waals surface area contributed by atoms with Crippen molar-refractivity contribution < 1.29 is 4.74 Å². The largest absolute Gasteiger partial charge is 0.381 e. The van der Waals surface area contributed by atoms with Gasteiger partial charge in [-0.3, -0.25) is 0 Å². The Morgan fingerprint density at radius 3 is 1.62 bits per heavy atom. The van der Waals surface area contributed by atoms with E-state index >= 15 is 0 Å². The third-order valence-electron chi connectivity index (χ3n) is 2.01. The monoisotopic (exact) mass is 226 g/mol. The summed E-state index contributed by atoms with van der Waals surface area (Å²) in [5.74, 6) is 2.59. The van der Waals surface area contributed by atoms with Gasteiger partial charge in [-0.25, -0.2) is 0 Å². The lowest BCUT2D eigenvalue weighted by atomic mass is 10.1. The minimum Gasteiger partial charge on any atom is -0.381 e. The molecule has 0 aliphatic heterocycles. The van der Waals surface area contributed by atoms with E-state index in [1.54, 1.807) is 0 Å². The number of halogens is 2. The summed E-state index contributed by atoms with van der Waals surface area (Å²) < 4.78 is 5.55. The fraction of sp³-hybridized carbons (Fsp3) is 1.00. The van der Waals surface area contributed by atoms with Crippen molar-refractivity contribution in [3.05, 3.63) is 0 Å². The number of rotatable bonds is 8. The van der Waals surface area contributed by atoms with Gasteiger partial charge in [-0.1, -0.05) is 13.8 Å². The first-order valence-electron chi connectivity index (χ1n) is 4.90. The predicted octanol–water partition coefficient (Wildman–Crippen LogP) is 3.53. The summed E-state index contributed by atoms with van der Waals surface area (Å²) >= 11 is 11.2. The standard InChI is InChI=1S/C10H20Cl2O/c1-9(3-5-11)7-13-8-10(2)4-6-12/h9-10H,3-8H2,1-2H3. The first-order valence-corrected chi connectivity index (χ1v) is 5.97. The molecule has 0 N–H and O–H groups in total. The molecule has 0 aliphatic carbocycles. The molecule has 3 heteroatoms. The van der Waals surface area contributed by atoms with Crippen LogP contribution in [-0.4, -0.2) is 25.0 Å². The Morgan fingerprint density at radius 2 is 1.31 bits per heavy atom. The van der Waals surface area contributed by atoms with Crippen molar-refractivity contribution in [1.82, 2.24) is 0 Å². The summed E-state index contributed by atoms with van der Waals surface area (Å²) in [7, 11) is 0. The van der Waals surface area contributed by atoms with Crippen molar-refractivity contribution in [3.8, 4) is 0 Å². The van der Waals surface area contributed by atoms with E-state index < -0.39 is 0 Å². The van der Waals surface area contributed by atoms with Gasteiger partial charge in [0, 0.05) is 25.0 Å². The lowest BCUT2D eigenvalue weighted by Gasteiger charge is -2.13. The average Bonchev–Trinajstić information content (AvgIpc) is 2.05. The van der Waals surface area contributed by atoms with Gasteiger partial charge in [0.1, 0.15) is 0 Å². The third kappa shape index (κ3) is 8.86. The SMILES string of the molecule is CC(CCCl)COCC(C)CCCl. The van der Waals surface area contributed by atoms with Crippen molar-refractivity contribution in [2.75, 3.05) is 25.0 Å². The zero-order chi connectivity index (χ0) is 10.1. The molecule has 0 rings (SSSR count). The molecule has 0 aromatic carbocycles. The van der Waals surface area contributed by atoms with Gasteiger partial charge < -0.3 is 4.74 Å².